The molecule has 0 aliphatic carbocycles. The maximum Gasteiger partial charge on any atom is 0.239 e. The number of phenols is 1. The topological polar surface area (TPSA) is 110 Å². The number of fused-ring (bicyclic) bond motifs is 1. The van der Waals surface area contributed by atoms with E-state index in [1.165, 1.54) is 18.9 Å². The Morgan fingerprint density at radius 2 is 1.94 bits per heavy atom. The smallest absolute Gasteiger partial charge is 0.239 e. The highest BCUT2D eigenvalue weighted by molar-refractivity contribution is 8.15. The van der Waals surface area contributed by atoms with Gasteiger partial charge in [-0.05, 0) is 50.3 Å². The van der Waals surface area contributed by atoms with Gasteiger partial charge in [-0.25, -0.2) is 0 Å². The predicted molar refractivity (Wildman–Crippen MR) is 135 cm³/mol. The van der Waals surface area contributed by atoms with Crippen LogP contribution < -0.4 is 24.3 Å². The number of aromatic hydroxyl groups is 1. The fourth-order valence-corrected chi connectivity index (χ4v) is 5.57. The van der Waals surface area contributed by atoms with Gasteiger partial charge in [0, 0.05) is 17.5 Å². The Balaban J connectivity index is 1.40. The van der Waals surface area contributed by atoms with Crippen LogP contribution in [-0.2, 0) is 17.6 Å². The lowest BCUT2D eigenvalue weighted by Gasteiger charge is -2.39. The first-order valence-electron chi connectivity index (χ1n) is 11.7. The van der Waals surface area contributed by atoms with E-state index in [2.05, 4.69) is 12.2 Å². The Bertz CT molecular complexity index is 1120. The van der Waals surface area contributed by atoms with Gasteiger partial charge < -0.3 is 29.4 Å². The molecule has 1 fully saturated rings. The molecule has 35 heavy (non-hydrogen) atoms. The first kappa shape index (κ1) is 25.0. The van der Waals surface area contributed by atoms with Gasteiger partial charge in [-0.15, -0.1) is 0 Å². The Kier molecular flexibility index (Phi) is 7.35. The van der Waals surface area contributed by atoms with Crippen molar-refractivity contribution >= 4 is 22.8 Å². The molecule has 1 amide bonds. The normalized spacial score (nSPS) is 21.2. The fraction of sp³-hybridized carbons (Fsp3) is 0.462. The standard InChI is InChI=1S/C26H32N2O6S/c1-5-26(11-10-18-15(2)20(29)22(31-3)23(32-4)21(18)34-26)12-13-33-17-8-6-16(7-9-17)14-19-24(30)28-25(27)35-19/h6-9,19,29H,5,10-14H2,1-4H3,(H2,27,28,30). The summed E-state index contributed by atoms with van der Waals surface area (Å²) < 4.78 is 23.6. The highest BCUT2D eigenvalue weighted by atomic mass is 32.2. The van der Waals surface area contributed by atoms with Crippen molar-refractivity contribution in [3.63, 3.8) is 0 Å². The number of phenolic OH excluding ortho intramolecular Hbond substituents is 1. The molecule has 0 bridgehead atoms. The van der Waals surface area contributed by atoms with Gasteiger partial charge in [0.15, 0.2) is 16.7 Å². The van der Waals surface area contributed by atoms with Crippen molar-refractivity contribution in [2.45, 2.75) is 56.8 Å². The van der Waals surface area contributed by atoms with Crippen molar-refractivity contribution in [2.75, 3.05) is 20.8 Å². The van der Waals surface area contributed by atoms with Gasteiger partial charge in [-0.3, -0.25) is 10.2 Å². The zero-order chi connectivity index (χ0) is 25.2. The van der Waals surface area contributed by atoms with Crippen molar-refractivity contribution in [3.05, 3.63) is 41.0 Å². The summed E-state index contributed by atoms with van der Waals surface area (Å²) in [5, 5.41) is 20.6. The molecule has 2 heterocycles. The summed E-state index contributed by atoms with van der Waals surface area (Å²) in [6.45, 7) is 4.46. The number of benzene rings is 2. The zero-order valence-corrected chi connectivity index (χ0v) is 21.3. The van der Waals surface area contributed by atoms with Gasteiger partial charge in [0.2, 0.25) is 17.4 Å². The van der Waals surface area contributed by atoms with E-state index in [0.29, 0.717) is 30.9 Å². The molecule has 2 aliphatic heterocycles. The highest BCUT2D eigenvalue weighted by Crippen LogP contribution is 2.53. The van der Waals surface area contributed by atoms with Crippen LogP contribution in [0.5, 0.6) is 28.7 Å². The lowest BCUT2D eigenvalue weighted by atomic mass is 9.84. The second-order valence-electron chi connectivity index (χ2n) is 8.86. The predicted octanol–water partition coefficient (Wildman–Crippen LogP) is 4.37. The van der Waals surface area contributed by atoms with Crippen LogP contribution in [-0.4, -0.2) is 47.9 Å². The fourth-order valence-electron chi connectivity index (χ4n) is 4.68. The number of methoxy groups -OCH3 is 2. The van der Waals surface area contributed by atoms with Gasteiger partial charge in [0.05, 0.1) is 26.1 Å². The number of rotatable bonds is 9. The van der Waals surface area contributed by atoms with Crippen LogP contribution in [0.4, 0.5) is 0 Å². The molecule has 2 atom stereocenters. The molecule has 2 aliphatic rings. The summed E-state index contributed by atoms with van der Waals surface area (Å²) in [7, 11) is 3.05. The number of amides is 1. The molecule has 0 spiro atoms. The second-order valence-corrected chi connectivity index (χ2v) is 10.1. The molecule has 8 nitrogen and oxygen atoms in total. The molecule has 9 heteroatoms. The van der Waals surface area contributed by atoms with Crippen LogP contribution in [0.15, 0.2) is 24.3 Å². The second kappa shape index (κ2) is 10.3. The number of hydrogen-bond donors (Lipinski definition) is 3. The monoisotopic (exact) mass is 500 g/mol. The number of nitrogens with one attached hydrogen (secondary N) is 2. The first-order chi connectivity index (χ1) is 16.8. The SMILES string of the molecule is CCC1(CCOc2ccc(CC3SC(=N)NC3=O)cc2)CCc2c(C)c(O)c(OC)c(OC)c2O1. The summed E-state index contributed by atoms with van der Waals surface area (Å²) in [5.41, 5.74) is 2.32. The Labute approximate surface area is 209 Å². The van der Waals surface area contributed by atoms with Gasteiger partial charge in [0.1, 0.15) is 11.4 Å². The van der Waals surface area contributed by atoms with Crippen LogP contribution in [0.1, 0.15) is 42.9 Å². The maximum absolute atomic E-state index is 11.9. The minimum atomic E-state index is -0.411. The van der Waals surface area contributed by atoms with Gasteiger partial charge in [-0.2, -0.15) is 0 Å². The molecular formula is C26H32N2O6S. The molecule has 0 radical (unpaired) electrons. The quantitative estimate of drug-likeness (QED) is 0.469. The van der Waals surface area contributed by atoms with E-state index in [9.17, 15) is 9.90 Å². The van der Waals surface area contributed by atoms with Crippen molar-refractivity contribution in [1.29, 1.82) is 5.41 Å². The summed E-state index contributed by atoms with van der Waals surface area (Å²) >= 11 is 1.25. The van der Waals surface area contributed by atoms with Crippen molar-refractivity contribution in [2.24, 2.45) is 0 Å². The van der Waals surface area contributed by atoms with Crippen LogP contribution >= 0.6 is 11.8 Å². The van der Waals surface area contributed by atoms with Crippen molar-refractivity contribution < 1.29 is 28.8 Å². The molecule has 1 saturated heterocycles. The molecular weight excluding hydrogens is 468 g/mol. The zero-order valence-electron chi connectivity index (χ0n) is 20.5. The third-order valence-corrected chi connectivity index (χ3v) is 7.87. The van der Waals surface area contributed by atoms with Gasteiger partial charge >= 0.3 is 0 Å². The average Bonchev–Trinajstić information content (AvgIpc) is 3.18. The molecule has 3 N–H and O–H groups in total. The van der Waals surface area contributed by atoms with Crippen molar-refractivity contribution in [1.82, 2.24) is 5.32 Å². The van der Waals surface area contributed by atoms with E-state index in [0.717, 1.165) is 41.7 Å². The first-order valence-corrected chi connectivity index (χ1v) is 12.6. The van der Waals surface area contributed by atoms with E-state index in [4.69, 9.17) is 24.4 Å². The molecule has 2 aromatic rings. The van der Waals surface area contributed by atoms with E-state index in [1.807, 2.05) is 31.2 Å². The average molecular weight is 501 g/mol. The van der Waals surface area contributed by atoms with Gasteiger partial charge in [-0.1, -0.05) is 30.8 Å². The third kappa shape index (κ3) is 5.00. The largest absolute Gasteiger partial charge is 0.504 e. The van der Waals surface area contributed by atoms with Crippen LogP contribution in [0.25, 0.3) is 0 Å². The number of amidine groups is 1. The molecule has 2 unspecified atom stereocenters. The Hall–Kier alpha value is -3.07. The molecule has 2 aromatic carbocycles. The number of ether oxygens (including phenoxy) is 4. The molecule has 0 saturated carbocycles. The summed E-state index contributed by atoms with van der Waals surface area (Å²) in [4.78, 5) is 11.9. The van der Waals surface area contributed by atoms with E-state index >= 15 is 0 Å². The minimum Gasteiger partial charge on any atom is -0.504 e. The summed E-state index contributed by atoms with van der Waals surface area (Å²) in [5.74, 6) is 2.08. The summed E-state index contributed by atoms with van der Waals surface area (Å²) in [6, 6.07) is 7.74. The van der Waals surface area contributed by atoms with Crippen LogP contribution in [0.2, 0.25) is 0 Å². The minimum absolute atomic E-state index is 0.0906. The van der Waals surface area contributed by atoms with Gasteiger partial charge in [0.25, 0.3) is 0 Å². The Morgan fingerprint density at radius 3 is 2.54 bits per heavy atom. The third-order valence-electron chi connectivity index (χ3n) is 6.87. The number of carbonyl (C=O) groups excluding carboxylic acids is 1. The number of hydrogen-bond acceptors (Lipinski definition) is 8. The van der Waals surface area contributed by atoms with E-state index < -0.39 is 5.60 Å². The van der Waals surface area contributed by atoms with E-state index in [1.54, 1.807) is 7.11 Å². The molecule has 4 rings (SSSR count). The Morgan fingerprint density at radius 1 is 1.23 bits per heavy atom. The summed E-state index contributed by atoms with van der Waals surface area (Å²) in [6.07, 6.45) is 3.64. The molecule has 188 valence electrons. The van der Waals surface area contributed by atoms with E-state index in [-0.39, 0.29) is 27.8 Å². The number of carbonyl (C=O) groups is 1. The lowest BCUT2D eigenvalue weighted by Crippen LogP contribution is -2.40. The lowest BCUT2D eigenvalue weighted by molar-refractivity contribution is -0.118. The van der Waals surface area contributed by atoms with Crippen LogP contribution in [0, 0.1) is 12.3 Å². The molecule has 0 aromatic heterocycles. The van der Waals surface area contributed by atoms with Crippen LogP contribution in [0.3, 0.4) is 0 Å². The van der Waals surface area contributed by atoms with Crippen molar-refractivity contribution in [3.8, 4) is 28.7 Å². The maximum atomic E-state index is 11.9. The number of thioether (sulfide) groups is 1. The highest BCUT2D eigenvalue weighted by Gasteiger charge is 2.39.